The minimum Gasteiger partial charge on any atom is -0.325 e. The molecule has 2 aromatic rings. The zero-order valence-corrected chi connectivity index (χ0v) is 13.1. The molecule has 1 amide bonds. The van der Waals surface area contributed by atoms with Gasteiger partial charge in [0.2, 0.25) is 5.91 Å². The van der Waals surface area contributed by atoms with Crippen molar-refractivity contribution in [3.05, 3.63) is 59.9 Å². The molecule has 0 aliphatic heterocycles. The summed E-state index contributed by atoms with van der Waals surface area (Å²) >= 11 is 1.40. The van der Waals surface area contributed by atoms with E-state index in [1.165, 1.54) is 43.0 Å². The lowest BCUT2D eigenvalue weighted by atomic mass is 10.2. The van der Waals surface area contributed by atoms with Crippen molar-refractivity contribution in [2.24, 2.45) is 0 Å². The Bertz CT molecular complexity index is 668. The Hall–Kier alpha value is -2.14. The molecule has 1 atom stereocenters. The predicted octanol–water partition coefficient (Wildman–Crippen LogP) is 4.15. The van der Waals surface area contributed by atoms with Crippen LogP contribution in [0.3, 0.4) is 0 Å². The molecule has 3 nitrogen and oxygen atoms in total. The molecule has 22 heavy (non-hydrogen) atoms. The highest BCUT2D eigenvalue weighted by Crippen LogP contribution is 2.24. The Kier molecular flexibility index (Phi) is 5.33. The summed E-state index contributed by atoms with van der Waals surface area (Å²) in [5, 5.41) is 2.43. The van der Waals surface area contributed by atoms with E-state index in [2.05, 4.69) is 5.32 Å². The Morgan fingerprint density at radius 3 is 2.18 bits per heavy atom. The van der Waals surface area contributed by atoms with Gasteiger partial charge in [0.1, 0.15) is 5.82 Å². The van der Waals surface area contributed by atoms with Crippen LogP contribution in [0.5, 0.6) is 0 Å². The van der Waals surface area contributed by atoms with E-state index in [0.29, 0.717) is 11.3 Å². The van der Waals surface area contributed by atoms with Crippen LogP contribution in [0.2, 0.25) is 0 Å². The van der Waals surface area contributed by atoms with Crippen molar-refractivity contribution in [2.75, 3.05) is 5.32 Å². The summed E-state index contributed by atoms with van der Waals surface area (Å²) < 4.78 is 12.8. The molecule has 2 aromatic carbocycles. The third-order valence-corrected chi connectivity index (χ3v) is 4.17. The minimum absolute atomic E-state index is 0.0126. The number of hydrogen-bond donors (Lipinski definition) is 1. The zero-order valence-electron chi connectivity index (χ0n) is 12.3. The van der Waals surface area contributed by atoms with Crippen molar-refractivity contribution in [1.82, 2.24) is 0 Å². The molecule has 0 saturated heterocycles. The van der Waals surface area contributed by atoms with E-state index in [9.17, 15) is 14.0 Å². The van der Waals surface area contributed by atoms with Crippen molar-refractivity contribution in [1.29, 1.82) is 0 Å². The summed E-state index contributed by atoms with van der Waals surface area (Å²) in [4.78, 5) is 24.2. The normalized spacial score (nSPS) is 11.8. The molecule has 1 N–H and O–H groups in total. The van der Waals surface area contributed by atoms with Gasteiger partial charge in [0.15, 0.2) is 5.78 Å². The summed E-state index contributed by atoms with van der Waals surface area (Å²) in [6.07, 6.45) is 0. The van der Waals surface area contributed by atoms with Gasteiger partial charge in [-0.05, 0) is 50.2 Å². The van der Waals surface area contributed by atoms with Crippen LogP contribution in [-0.4, -0.2) is 16.9 Å². The smallest absolute Gasteiger partial charge is 0.237 e. The topological polar surface area (TPSA) is 46.2 Å². The van der Waals surface area contributed by atoms with Gasteiger partial charge in [0.05, 0.1) is 5.25 Å². The number of ketones is 1. The van der Waals surface area contributed by atoms with Crippen LogP contribution in [-0.2, 0) is 4.79 Å². The van der Waals surface area contributed by atoms with Gasteiger partial charge in [-0.15, -0.1) is 11.8 Å². The second-order valence-electron chi connectivity index (χ2n) is 4.84. The maximum absolute atomic E-state index is 12.8. The molecule has 0 fully saturated rings. The third-order valence-electron chi connectivity index (χ3n) is 3.05. The van der Waals surface area contributed by atoms with Crippen LogP contribution in [0, 0.1) is 5.82 Å². The molecular weight excluding hydrogens is 301 g/mol. The van der Waals surface area contributed by atoms with Crippen LogP contribution >= 0.6 is 11.8 Å². The molecule has 0 radical (unpaired) electrons. The lowest BCUT2D eigenvalue weighted by Crippen LogP contribution is -2.22. The number of thioether (sulfide) groups is 1. The van der Waals surface area contributed by atoms with E-state index in [4.69, 9.17) is 0 Å². The monoisotopic (exact) mass is 317 g/mol. The number of carbonyl (C=O) groups is 2. The van der Waals surface area contributed by atoms with E-state index in [1.54, 1.807) is 19.1 Å². The molecular formula is C17H16FNO2S. The van der Waals surface area contributed by atoms with Gasteiger partial charge in [-0.1, -0.05) is 12.1 Å². The highest BCUT2D eigenvalue weighted by Gasteiger charge is 2.14. The summed E-state index contributed by atoms with van der Waals surface area (Å²) in [5.41, 5.74) is 1.21. The Morgan fingerprint density at radius 2 is 1.64 bits per heavy atom. The average molecular weight is 317 g/mol. The first-order chi connectivity index (χ1) is 10.5. The number of anilines is 1. The molecule has 2 rings (SSSR count). The molecule has 1 unspecified atom stereocenters. The number of Topliss-reactive ketones (excluding diaryl/α,β-unsaturated/α-hetero) is 1. The van der Waals surface area contributed by atoms with Gasteiger partial charge >= 0.3 is 0 Å². The summed E-state index contributed by atoms with van der Waals surface area (Å²) in [7, 11) is 0. The summed E-state index contributed by atoms with van der Waals surface area (Å²) in [5.74, 6) is -0.489. The quantitative estimate of drug-likeness (QED) is 0.665. The first-order valence-corrected chi connectivity index (χ1v) is 7.68. The maximum atomic E-state index is 12.8. The molecule has 114 valence electrons. The van der Waals surface area contributed by atoms with E-state index in [0.717, 1.165) is 4.90 Å². The molecule has 0 spiro atoms. The molecule has 0 saturated carbocycles. The van der Waals surface area contributed by atoms with Crippen molar-refractivity contribution in [2.45, 2.75) is 24.0 Å². The van der Waals surface area contributed by atoms with Gasteiger partial charge in [0.25, 0.3) is 0 Å². The fourth-order valence-corrected chi connectivity index (χ4v) is 2.67. The van der Waals surface area contributed by atoms with Crippen LogP contribution in [0.1, 0.15) is 24.2 Å². The van der Waals surface area contributed by atoms with E-state index >= 15 is 0 Å². The number of benzene rings is 2. The van der Waals surface area contributed by atoms with Crippen molar-refractivity contribution < 1.29 is 14.0 Å². The van der Waals surface area contributed by atoms with E-state index in [1.807, 2.05) is 12.1 Å². The summed E-state index contributed by atoms with van der Waals surface area (Å²) in [6, 6.07) is 12.8. The molecule has 0 aromatic heterocycles. The second kappa shape index (κ2) is 7.22. The molecule has 0 aliphatic carbocycles. The molecule has 0 bridgehead atoms. The highest BCUT2D eigenvalue weighted by molar-refractivity contribution is 8.00. The van der Waals surface area contributed by atoms with Crippen molar-refractivity contribution in [3.63, 3.8) is 0 Å². The Balaban J connectivity index is 1.95. The zero-order chi connectivity index (χ0) is 16.1. The van der Waals surface area contributed by atoms with Crippen LogP contribution in [0.4, 0.5) is 10.1 Å². The number of hydrogen-bond acceptors (Lipinski definition) is 3. The SMILES string of the molecule is CC(=O)c1ccc(SC(C)C(=O)Nc2ccc(F)cc2)cc1. The van der Waals surface area contributed by atoms with Gasteiger partial charge < -0.3 is 5.32 Å². The third kappa shape index (κ3) is 4.43. The molecule has 5 heteroatoms. The Labute approximate surface area is 132 Å². The standard InChI is InChI=1S/C17H16FNO2S/c1-11(20)13-3-9-16(10-4-13)22-12(2)17(21)19-15-7-5-14(18)6-8-15/h3-10,12H,1-2H3,(H,19,21). The van der Waals surface area contributed by atoms with Gasteiger partial charge in [-0.2, -0.15) is 0 Å². The van der Waals surface area contributed by atoms with Gasteiger partial charge in [0, 0.05) is 16.1 Å². The Morgan fingerprint density at radius 1 is 1.05 bits per heavy atom. The lowest BCUT2D eigenvalue weighted by Gasteiger charge is -2.12. The van der Waals surface area contributed by atoms with Gasteiger partial charge in [-0.3, -0.25) is 9.59 Å². The van der Waals surface area contributed by atoms with Crippen molar-refractivity contribution >= 4 is 29.1 Å². The van der Waals surface area contributed by atoms with Crippen LogP contribution in [0.25, 0.3) is 0 Å². The van der Waals surface area contributed by atoms with Crippen molar-refractivity contribution in [3.8, 4) is 0 Å². The molecule has 0 aliphatic rings. The first-order valence-electron chi connectivity index (χ1n) is 6.80. The predicted molar refractivity (Wildman–Crippen MR) is 86.8 cm³/mol. The fraction of sp³-hybridized carbons (Fsp3) is 0.176. The number of rotatable bonds is 5. The summed E-state index contributed by atoms with van der Waals surface area (Å²) in [6.45, 7) is 3.31. The minimum atomic E-state index is -0.342. The highest BCUT2D eigenvalue weighted by atomic mass is 32.2. The number of amides is 1. The average Bonchev–Trinajstić information content (AvgIpc) is 2.50. The fourth-order valence-electron chi connectivity index (χ4n) is 1.80. The van der Waals surface area contributed by atoms with E-state index < -0.39 is 0 Å². The first kappa shape index (κ1) is 16.2. The second-order valence-corrected chi connectivity index (χ2v) is 6.25. The van der Waals surface area contributed by atoms with E-state index in [-0.39, 0.29) is 22.8 Å². The largest absolute Gasteiger partial charge is 0.325 e. The number of nitrogens with one attached hydrogen (secondary N) is 1. The maximum Gasteiger partial charge on any atom is 0.237 e. The van der Waals surface area contributed by atoms with Crippen LogP contribution in [0.15, 0.2) is 53.4 Å². The molecule has 0 heterocycles. The van der Waals surface area contributed by atoms with Gasteiger partial charge in [-0.25, -0.2) is 4.39 Å². The lowest BCUT2D eigenvalue weighted by molar-refractivity contribution is -0.115. The number of halogens is 1. The number of carbonyl (C=O) groups excluding carboxylic acids is 2. The van der Waals surface area contributed by atoms with Crippen LogP contribution < -0.4 is 5.32 Å².